The molecule has 0 spiro atoms. The van der Waals surface area contributed by atoms with Crippen molar-refractivity contribution in [1.29, 1.82) is 0 Å². The zero-order valence-corrected chi connectivity index (χ0v) is 19.1. The fourth-order valence-corrected chi connectivity index (χ4v) is 5.66. The fourth-order valence-electron chi connectivity index (χ4n) is 4.16. The van der Waals surface area contributed by atoms with Crippen LogP contribution in [-0.2, 0) is 32.2 Å². The number of aryl methyl sites for hydroxylation is 2. The first kappa shape index (κ1) is 22.4. The van der Waals surface area contributed by atoms with Crippen LogP contribution in [0.3, 0.4) is 0 Å². The van der Waals surface area contributed by atoms with Gasteiger partial charge in [0.15, 0.2) is 9.84 Å². The molecular formula is C23H23ClN2O5S. The first-order valence-electron chi connectivity index (χ1n) is 10.3. The molecule has 0 fully saturated rings. The maximum absolute atomic E-state index is 13.3. The van der Waals surface area contributed by atoms with Crippen LogP contribution >= 0.6 is 11.6 Å². The molecule has 7 nitrogen and oxygen atoms in total. The second-order valence-electron chi connectivity index (χ2n) is 7.86. The number of hydrogen-bond donors (Lipinski definition) is 2. The topological polar surface area (TPSA) is 102 Å². The van der Waals surface area contributed by atoms with E-state index in [2.05, 4.69) is 10.6 Å². The summed E-state index contributed by atoms with van der Waals surface area (Å²) in [4.78, 5) is 25.2. The lowest BCUT2D eigenvalue weighted by Gasteiger charge is -2.29. The Morgan fingerprint density at radius 3 is 2.47 bits per heavy atom. The van der Waals surface area contributed by atoms with Gasteiger partial charge in [-0.1, -0.05) is 29.8 Å². The number of urea groups is 1. The molecule has 1 aliphatic carbocycles. The maximum atomic E-state index is 13.3. The van der Waals surface area contributed by atoms with E-state index in [9.17, 15) is 18.0 Å². The Bertz CT molecular complexity index is 1210. The Balaban J connectivity index is 1.75. The number of rotatable bonds is 5. The SMILES string of the molecule is COC(=O)C1=C(CS(=O)(=O)c2ccc3c(c2)CCCC3)NC(=O)NC1c1ccc(Cl)cc1. The zero-order valence-electron chi connectivity index (χ0n) is 17.5. The van der Waals surface area contributed by atoms with E-state index in [1.54, 1.807) is 36.4 Å². The van der Waals surface area contributed by atoms with E-state index < -0.39 is 33.6 Å². The highest BCUT2D eigenvalue weighted by Crippen LogP contribution is 2.31. The van der Waals surface area contributed by atoms with Crippen molar-refractivity contribution in [3.63, 3.8) is 0 Å². The average Bonchev–Trinajstić information content (AvgIpc) is 2.78. The lowest BCUT2D eigenvalue weighted by molar-refractivity contribution is -0.136. The number of ether oxygens (including phenoxy) is 1. The summed E-state index contributed by atoms with van der Waals surface area (Å²) in [5.41, 5.74) is 2.82. The first-order valence-corrected chi connectivity index (χ1v) is 12.3. The van der Waals surface area contributed by atoms with Crippen LogP contribution in [0.1, 0.15) is 35.6 Å². The quantitative estimate of drug-likeness (QED) is 0.646. The molecule has 0 saturated heterocycles. The summed E-state index contributed by atoms with van der Waals surface area (Å²) in [6, 6.07) is 10.3. The lowest BCUT2D eigenvalue weighted by Crippen LogP contribution is -2.47. The van der Waals surface area contributed by atoms with Gasteiger partial charge in [0.1, 0.15) is 0 Å². The van der Waals surface area contributed by atoms with Gasteiger partial charge >= 0.3 is 12.0 Å². The lowest BCUT2D eigenvalue weighted by atomic mass is 9.92. The van der Waals surface area contributed by atoms with E-state index in [4.69, 9.17) is 16.3 Å². The molecule has 2 amide bonds. The molecule has 9 heteroatoms. The third-order valence-electron chi connectivity index (χ3n) is 5.78. The van der Waals surface area contributed by atoms with Gasteiger partial charge in [0.2, 0.25) is 0 Å². The van der Waals surface area contributed by atoms with Crippen molar-refractivity contribution < 1.29 is 22.7 Å². The second kappa shape index (κ2) is 8.96. The van der Waals surface area contributed by atoms with Gasteiger partial charge in [-0.15, -0.1) is 0 Å². The number of carbonyl (C=O) groups is 2. The Kier molecular flexibility index (Phi) is 6.26. The van der Waals surface area contributed by atoms with Crippen LogP contribution in [0.2, 0.25) is 5.02 Å². The molecule has 2 aliphatic rings. The fraction of sp³-hybridized carbons (Fsp3) is 0.304. The van der Waals surface area contributed by atoms with Gasteiger partial charge < -0.3 is 15.4 Å². The number of hydrogen-bond acceptors (Lipinski definition) is 5. The summed E-state index contributed by atoms with van der Waals surface area (Å²) in [5.74, 6) is -1.26. The highest BCUT2D eigenvalue weighted by molar-refractivity contribution is 7.91. The molecule has 4 rings (SSSR count). The maximum Gasteiger partial charge on any atom is 0.338 e. The van der Waals surface area contributed by atoms with Crippen LogP contribution in [0.4, 0.5) is 4.79 Å². The van der Waals surface area contributed by atoms with Crippen LogP contribution in [0, 0.1) is 0 Å². The minimum atomic E-state index is -3.83. The van der Waals surface area contributed by atoms with Gasteiger partial charge in [-0.05, 0) is 66.6 Å². The van der Waals surface area contributed by atoms with E-state index in [1.165, 1.54) is 12.7 Å². The van der Waals surface area contributed by atoms with E-state index >= 15 is 0 Å². The van der Waals surface area contributed by atoms with Crippen molar-refractivity contribution in [2.75, 3.05) is 12.9 Å². The van der Waals surface area contributed by atoms with Gasteiger partial charge in [0.25, 0.3) is 0 Å². The summed E-state index contributed by atoms with van der Waals surface area (Å²) in [6.07, 6.45) is 3.91. The van der Waals surface area contributed by atoms with Crippen LogP contribution in [-0.4, -0.2) is 33.3 Å². The van der Waals surface area contributed by atoms with Gasteiger partial charge in [-0.25, -0.2) is 18.0 Å². The van der Waals surface area contributed by atoms with Crippen LogP contribution < -0.4 is 10.6 Å². The molecule has 1 atom stereocenters. The third kappa shape index (κ3) is 4.52. The highest BCUT2D eigenvalue weighted by atomic mass is 35.5. The van der Waals surface area contributed by atoms with Crippen molar-refractivity contribution in [3.8, 4) is 0 Å². The number of halogens is 1. The van der Waals surface area contributed by atoms with Crippen molar-refractivity contribution in [2.45, 2.75) is 36.6 Å². The molecule has 168 valence electrons. The van der Waals surface area contributed by atoms with Gasteiger partial charge in [-0.2, -0.15) is 0 Å². The average molecular weight is 475 g/mol. The van der Waals surface area contributed by atoms with Gasteiger partial charge in [0.05, 0.1) is 29.4 Å². The molecule has 1 aliphatic heterocycles. The van der Waals surface area contributed by atoms with Crippen molar-refractivity contribution >= 4 is 33.4 Å². The Morgan fingerprint density at radius 1 is 1.09 bits per heavy atom. The molecule has 1 heterocycles. The smallest absolute Gasteiger partial charge is 0.338 e. The predicted molar refractivity (Wildman–Crippen MR) is 120 cm³/mol. The van der Waals surface area contributed by atoms with Crippen molar-refractivity contribution in [1.82, 2.24) is 10.6 Å². The molecule has 0 bridgehead atoms. The highest BCUT2D eigenvalue weighted by Gasteiger charge is 2.35. The van der Waals surface area contributed by atoms with Gasteiger partial charge in [0, 0.05) is 10.7 Å². The Labute approximate surface area is 191 Å². The molecule has 2 aromatic rings. The number of benzene rings is 2. The molecule has 0 aromatic heterocycles. The number of methoxy groups -OCH3 is 1. The Hall–Kier alpha value is -2.84. The molecule has 0 saturated carbocycles. The number of carbonyl (C=O) groups excluding carboxylic acids is 2. The molecule has 0 radical (unpaired) electrons. The Morgan fingerprint density at radius 2 is 1.78 bits per heavy atom. The second-order valence-corrected chi connectivity index (χ2v) is 10.3. The van der Waals surface area contributed by atoms with E-state index in [0.29, 0.717) is 10.6 Å². The summed E-state index contributed by atoms with van der Waals surface area (Å²) in [7, 11) is -2.62. The standard InChI is InChI=1S/C23H23ClN2O5S/c1-31-22(27)20-19(25-23(28)26-21(20)15-6-9-17(24)10-7-15)13-32(29,30)18-11-8-14-4-2-3-5-16(14)12-18/h6-12,21H,2-5,13H2,1H3,(H2,25,26,28). The third-order valence-corrected chi connectivity index (χ3v) is 7.67. The normalized spacial score (nSPS) is 18.4. The minimum absolute atomic E-state index is 0.00160. The number of nitrogens with one attached hydrogen (secondary N) is 2. The monoisotopic (exact) mass is 474 g/mol. The van der Waals surface area contributed by atoms with Crippen molar-refractivity contribution in [2.24, 2.45) is 0 Å². The summed E-state index contributed by atoms with van der Waals surface area (Å²) >= 11 is 5.96. The predicted octanol–water partition coefficient (Wildman–Crippen LogP) is 3.47. The van der Waals surface area contributed by atoms with E-state index in [0.717, 1.165) is 31.2 Å². The number of sulfone groups is 1. The van der Waals surface area contributed by atoms with E-state index in [-0.39, 0.29) is 16.2 Å². The molecular weight excluding hydrogens is 452 g/mol. The molecule has 2 N–H and O–H groups in total. The molecule has 32 heavy (non-hydrogen) atoms. The van der Waals surface area contributed by atoms with Gasteiger partial charge in [-0.3, -0.25) is 0 Å². The zero-order chi connectivity index (χ0) is 22.9. The van der Waals surface area contributed by atoms with Crippen molar-refractivity contribution in [3.05, 3.63) is 75.4 Å². The summed E-state index contributed by atoms with van der Waals surface area (Å²) in [5, 5.41) is 5.67. The minimum Gasteiger partial charge on any atom is -0.466 e. The number of esters is 1. The number of fused-ring (bicyclic) bond motifs is 1. The van der Waals surface area contributed by atoms with E-state index in [1.807, 2.05) is 6.07 Å². The summed E-state index contributed by atoms with van der Waals surface area (Å²) < 4.78 is 31.4. The first-order chi connectivity index (χ1) is 15.3. The summed E-state index contributed by atoms with van der Waals surface area (Å²) in [6.45, 7) is 0. The van der Waals surface area contributed by atoms with Crippen LogP contribution in [0.5, 0.6) is 0 Å². The van der Waals surface area contributed by atoms with Crippen LogP contribution in [0.15, 0.2) is 58.6 Å². The largest absolute Gasteiger partial charge is 0.466 e. The molecule has 1 unspecified atom stereocenters. The number of amides is 2. The molecule has 2 aromatic carbocycles. The van der Waals surface area contributed by atoms with Crippen LogP contribution in [0.25, 0.3) is 0 Å².